The number of rotatable bonds is 1. The smallest absolute Gasteiger partial charge is 0.324 e. The van der Waals surface area contributed by atoms with Gasteiger partial charge in [0.05, 0.1) is 0 Å². The molecule has 1 aliphatic carbocycles. The Labute approximate surface area is 111 Å². The molecule has 3 nitrogen and oxygen atoms in total. The van der Waals surface area contributed by atoms with Crippen molar-refractivity contribution in [3.63, 3.8) is 0 Å². The molecule has 96 valence electrons. The van der Waals surface area contributed by atoms with Gasteiger partial charge >= 0.3 is 7.60 Å². The summed E-state index contributed by atoms with van der Waals surface area (Å²) >= 11 is 0. The van der Waals surface area contributed by atoms with Gasteiger partial charge in [-0.15, -0.1) is 0 Å². The highest BCUT2D eigenvalue weighted by molar-refractivity contribution is 7.52. The second-order valence-electron chi connectivity index (χ2n) is 4.58. The van der Waals surface area contributed by atoms with Gasteiger partial charge in [0.25, 0.3) is 0 Å². The zero-order valence-corrected chi connectivity index (χ0v) is 11.0. The standard InChI is InChI=1S/C15H13O3P/c16-19(17,18)15-13-7-3-1-5-11(13)9-10-12-6-2-4-8-14(12)15/h1-10,15H,(H2,16,17,18). The van der Waals surface area contributed by atoms with Gasteiger partial charge in [-0.1, -0.05) is 60.7 Å². The van der Waals surface area contributed by atoms with E-state index in [0.29, 0.717) is 11.1 Å². The third-order valence-electron chi connectivity index (χ3n) is 3.36. The van der Waals surface area contributed by atoms with Gasteiger partial charge in [-0.25, -0.2) is 0 Å². The van der Waals surface area contributed by atoms with Gasteiger partial charge in [0, 0.05) is 0 Å². The van der Waals surface area contributed by atoms with Crippen molar-refractivity contribution in [3.8, 4) is 0 Å². The Morgan fingerprint density at radius 3 is 1.63 bits per heavy atom. The lowest BCUT2D eigenvalue weighted by Gasteiger charge is -2.21. The van der Waals surface area contributed by atoms with Crippen LogP contribution in [0.5, 0.6) is 0 Å². The van der Waals surface area contributed by atoms with Crippen molar-refractivity contribution in [1.82, 2.24) is 0 Å². The van der Waals surface area contributed by atoms with Crippen LogP contribution in [-0.2, 0) is 4.57 Å². The summed E-state index contributed by atoms with van der Waals surface area (Å²) in [6, 6.07) is 14.7. The molecule has 0 saturated carbocycles. The van der Waals surface area contributed by atoms with Crippen LogP contribution in [0.25, 0.3) is 12.2 Å². The van der Waals surface area contributed by atoms with Crippen LogP contribution in [0.2, 0.25) is 0 Å². The fraction of sp³-hybridized carbons (Fsp3) is 0.0667. The molecule has 0 aliphatic heterocycles. The van der Waals surface area contributed by atoms with Crippen molar-refractivity contribution >= 4 is 19.7 Å². The molecule has 0 bridgehead atoms. The third-order valence-corrected chi connectivity index (χ3v) is 4.59. The van der Waals surface area contributed by atoms with Crippen LogP contribution in [0.3, 0.4) is 0 Å². The SMILES string of the molecule is O=P(O)(O)C1c2ccccc2C=Cc2ccccc21. The van der Waals surface area contributed by atoms with Crippen molar-refractivity contribution in [1.29, 1.82) is 0 Å². The van der Waals surface area contributed by atoms with Gasteiger partial charge < -0.3 is 9.79 Å². The van der Waals surface area contributed by atoms with Crippen molar-refractivity contribution in [3.05, 3.63) is 70.8 Å². The summed E-state index contributed by atoms with van der Waals surface area (Å²) in [4.78, 5) is 19.5. The van der Waals surface area contributed by atoms with Crippen molar-refractivity contribution in [2.24, 2.45) is 0 Å². The van der Waals surface area contributed by atoms with E-state index in [1.165, 1.54) is 0 Å². The van der Waals surface area contributed by atoms with Gasteiger partial charge in [0.2, 0.25) is 0 Å². The molecule has 0 fully saturated rings. The lowest BCUT2D eigenvalue weighted by atomic mass is 9.99. The molecule has 2 aromatic rings. The second-order valence-corrected chi connectivity index (χ2v) is 6.28. The molecule has 0 unspecified atom stereocenters. The summed E-state index contributed by atoms with van der Waals surface area (Å²) < 4.78 is 11.9. The molecule has 0 aromatic heterocycles. The topological polar surface area (TPSA) is 57.5 Å². The molecule has 0 radical (unpaired) electrons. The van der Waals surface area contributed by atoms with Crippen LogP contribution >= 0.6 is 7.60 Å². The zero-order chi connectivity index (χ0) is 13.5. The first-order chi connectivity index (χ1) is 9.07. The summed E-state index contributed by atoms with van der Waals surface area (Å²) in [6.07, 6.45) is 3.81. The summed E-state index contributed by atoms with van der Waals surface area (Å²) in [5.41, 5.74) is 2.17. The van der Waals surface area contributed by atoms with E-state index in [1.807, 2.05) is 48.6 Å². The summed E-state index contributed by atoms with van der Waals surface area (Å²) in [5.74, 6) is 0. The normalized spacial score (nSPS) is 14.6. The van der Waals surface area contributed by atoms with Gasteiger partial charge in [-0.2, -0.15) is 0 Å². The highest BCUT2D eigenvalue weighted by atomic mass is 31.2. The Balaban J connectivity index is 2.34. The molecular formula is C15H13O3P. The molecule has 0 amide bonds. The first-order valence-electron chi connectivity index (χ1n) is 5.98. The monoisotopic (exact) mass is 272 g/mol. The van der Waals surface area contributed by atoms with Crippen LogP contribution in [0.1, 0.15) is 27.9 Å². The molecule has 0 atom stereocenters. The van der Waals surface area contributed by atoms with Gasteiger partial charge in [0.1, 0.15) is 5.66 Å². The molecular weight excluding hydrogens is 259 g/mol. The fourth-order valence-electron chi connectivity index (χ4n) is 2.53. The van der Waals surface area contributed by atoms with Crippen LogP contribution in [-0.4, -0.2) is 9.79 Å². The Hall–Kier alpha value is -1.67. The molecule has 19 heavy (non-hydrogen) atoms. The van der Waals surface area contributed by atoms with Crippen LogP contribution in [0.15, 0.2) is 48.5 Å². The highest BCUT2D eigenvalue weighted by Gasteiger charge is 2.35. The molecule has 1 aliphatic rings. The quantitative estimate of drug-likeness (QED) is 0.782. The van der Waals surface area contributed by atoms with Crippen LogP contribution in [0.4, 0.5) is 0 Å². The first kappa shape index (κ1) is 12.4. The predicted molar refractivity (Wildman–Crippen MR) is 75.7 cm³/mol. The van der Waals surface area contributed by atoms with Gasteiger partial charge in [0.15, 0.2) is 0 Å². The van der Waals surface area contributed by atoms with Gasteiger partial charge in [-0.3, -0.25) is 4.57 Å². The van der Waals surface area contributed by atoms with Gasteiger partial charge in [-0.05, 0) is 22.3 Å². The number of fused-ring (bicyclic) bond motifs is 2. The maximum absolute atomic E-state index is 11.9. The van der Waals surface area contributed by atoms with Crippen molar-refractivity contribution < 1.29 is 14.4 Å². The maximum atomic E-state index is 11.9. The van der Waals surface area contributed by atoms with E-state index in [0.717, 1.165) is 11.1 Å². The molecule has 3 rings (SSSR count). The van der Waals surface area contributed by atoms with E-state index >= 15 is 0 Å². The molecule has 2 N–H and O–H groups in total. The minimum Gasteiger partial charge on any atom is -0.324 e. The Morgan fingerprint density at radius 2 is 1.21 bits per heavy atom. The van der Waals surface area contributed by atoms with E-state index in [-0.39, 0.29) is 0 Å². The molecule has 0 heterocycles. The Kier molecular flexibility index (Phi) is 2.90. The number of hydrogen-bond donors (Lipinski definition) is 2. The van der Waals surface area contributed by atoms with E-state index in [2.05, 4.69) is 0 Å². The maximum Gasteiger partial charge on any atom is 0.337 e. The summed E-state index contributed by atoms with van der Waals surface area (Å²) in [5, 5.41) is 0. The van der Waals surface area contributed by atoms with E-state index in [1.54, 1.807) is 12.1 Å². The minimum absolute atomic E-state index is 0.678. The summed E-state index contributed by atoms with van der Waals surface area (Å²) in [6.45, 7) is 0. The molecule has 4 heteroatoms. The van der Waals surface area contributed by atoms with E-state index in [4.69, 9.17) is 0 Å². The molecule has 0 spiro atoms. The first-order valence-corrected chi connectivity index (χ1v) is 7.67. The average Bonchev–Trinajstić information content (AvgIpc) is 2.54. The fourth-order valence-corrected chi connectivity index (χ4v) is 3.73. The predicted octanol–water partition coefficient (Wildman–Crippen LogP) is 3.44. The summed E-state index contributed by atoms with van der Waals surface area (Å²) in [7, 11) is -4.27. The molecule has 0 saturated heterocycles. The van der Waals surface area contributed by atoms with E-state index in [9.17, 15) is 14.4 Å². The second kappa shape index (κ2) is 4.46. The van der Waals surface area contributed by atoms with Crippen LogP contribution in [0, 0.1) is 0 Å². The number of hydrogen-bond acceptors (Lipinski definition) is 1. The Bertz CT molecular complexity index is 651. The van der Waals surface area contributed by atoms with Crippen LogP contribution < -0.4 is 0 Å². The average molecular weight is 272 g/mol. The highest BCUT2D eigenvalue weighted by Crippen LogP contribution is 2.57. The lowest BCUT2D eigenvalue weighted by molar-refractivity contribution is 0.364. The number of benzene rings is 2. The third kappa shape index (κ3) is 2.17. The lowest BCUT2D eigenvalue weighted by Crippen LogP contribution is -2.04. The Morgan fingerprint density at radius 1 is 0.789 bits per heavy atom. The largest absolute Gasteiger partial charge is 0.337 e. The minimum atomic E-state index is -4.27. The van der Waals surface area contributed by atoms with Crippen molar-refractivity contribution in [2.45, 2.75) is 5.66 Å². The van der Waals surface area contributed by atoms with E-state index < -0.39 is 13.3 Å². The molecule has 2 aromatic carbocycles. The van der Waals surface area contributed by atoms with Crippen molar-refractivity contribution in [2.75, 3.05) is 0 Å². The zero-order valence-electron chi connectivity index (χ0n) is 10.1.